The number of azide groups is 1. The standard InChI is InChI=1S/C30H29N6O10P/c1-2-43-28(40)22(17-19-9-4-3-5-10-19)36(46-23-14-8-12-20-11-6-7-13-21(20)23)47(42)44-18-30(33-34-31)26(39)25(38)27(45-30)35-16-15-24(37)32-29(35)41/h3-16,22,25-27,38-39H,2,17-18H2,1H3/p+1/t22?,25-,26+,27-,30-/m1/s1. The van der Waals surface area contributed by atoms with E-state index in [0.717, 1.165) is 27.1 Å². The SMILES string of the molecule is CCOC(=O)C(Cc1ccccc1)N(Oc1cccc2ccccc12)[P+](=O)OC[C@@]1(N=[N+]=[N-])O[C@@H](n2ccc(=O)[nH]c2=O)[C@H](O)[C@@H]1O. The van der Waals surface area contributed by atoms with Gasteiger partial charge in [-0.3, -0.25) is 19.1 Å². The largest absolute Gasteiger partial charge is 0.653 e. The van der Waals surface area contributed by atoms with Crippen molar-refractivity contribution in [3.8, 4) is 5.75 Å². The lowest BCUT2D eigenvalue weighted by Crippen LogP contribution is -2.46. The van der Waals surface area contributed by atoms with E-state index in [1.54, 1.807) is 61.5 Å². The molecule has 2 unspecified atom stereocenters. The molecule has 17 heteroatoms. The number of aliphatic hydroxyl groups excluding tert-OH is 2. The third-order valence-corrected chi connectivity index (χ3v) is 8.36. The molecule has 0 saturated carbocycles. The predicted molar refractivity (Wildman–Crippen MR) is 166 cm³/mol. The Morgan fingerprint density at radius 2 is 1.85 bits per heavy atom. The minimum Gasteiger partial charge on any atom is -0.465 e. The van der Waals surface area contributed by atoms with Gasteiger partial charge in [-0.2, -0.15) is 0 Å². The molecule has 1 aromatic heterocycles. The molecule has 16 nitrogen and oxygen atoms in total. The van der Waals surface area contributed by atoms with Crippen LogP contribution in [0.4, 0.5) is 0 Å². The molecule has 0 bridgehead atoms. The van der Waals surface area contributed by atoms with Gasteiger partial charge in [0.05, 0.1) is 6.61 Å². The fraction of sp³-hybridized carbons (Fsp3) is 0.300. The lowest BCUT2D eigenvalue weighted by molar-refractivity contribution is -0.156. The van der Waals surface area contributed by atoms with Crippen molar-refractivity contribution in [1.82, 2.24) is 14.4 Å². The number of hydroxylamine groups is 1. The minimum absolute atomic E-state index is 0.00724. The molecule has 3 aromatic carbocycles. The first-order chi connectivity index (χ1) is 22.7. The lowest BCUT2D eigenvalue weighted by Gasteiger charge is -2.25. The van der Waals surface area contributed by atoms with Crippen molar-refractivity contribution in [3.63, 3.8) is 0 Å². The Labute approximate surface area is 267 Å². The average molecular weight is 666 g/mol. The van der Waals surface area contributed by atoms with E-state index in [1.165, 1.54) is 0 Å². The number of carbonyl (C=O) groups excluding carboxylic acids is 1. The van der Waals surface area contributed by atoms with E-state index in [2.05, 4.69) is 10.0 Å². The van der Waals surface area contributed by atoms with Crippen molar-refractivity contribution in [2.75, 3.05) is 13.2 Å². The summed E-state index contributed by atoms with van der Waals surface area (Å²) in [5.74, 6) is -0.550. The second kappa shape index (κ2) is 14.7. The Hall–Kier alpha value is -4.92. The second-order valence-electron chi connectivity index (χ2n) is 10.3. The molecule has 1 fully saturated rings. The number of benzene rings is 3. The number of H-pyrrole nitrogens is 1. The van der Waals surface area contributed by atoms with Crippen molar-refractivity contribution in [2.24, 2.45) is 5.11 Å². The highest BCUT2D eigenvalue weighted by Crippen LogP contribution is 2.42. The maximum atomic E-state index is 14.0. The molecule has 1 saturated heterocycles. The summed E-state index contributed by atoms with van der Waals surface area (Å²) in [6.45, 7) is 0.685. The van der Waals surface area contributed by atoms with Crippen LogP contribution in [0.3, 0.4) is 0 Å². The van der Waals surface area contributed by atoms with Crippen LogP contribution in [0.15, 0.2) is 99.8 Å². The summed E-state index contributed by atoms with van der Waals surface area (Å²) in [5.41, 5.74) is 5.90. The number of aromatic nitrogens is 2. The number of hydrogen-bond donors (Lipinski definition) is 3. The Balaban J connectivity index is 1.50. The summed E-state index contributed by atoms with van der Waals surface area (Å²) in [5, 5.41) is 26.7. The Morgan fingerprint density at radius 1 is 1.13 bits per heavy atom. The van der Waals surface area contributed by atoms with Gasteiger partial charge in [-0.1, -0.05) is 71.8 Å². The predicted octanol–water partition coefficient (Wildman–Crippen LogP) is 3.09. The first-order valence-corrected chi connectivity index (χ1v) is 15.5. The fourth-order valence-corrected chi connectivity index (χ4v) is 6.01. The monoisotopic (exact) mass is 665 g/mol. The first-order valence-electron chi connectivity index (χ1n) is 14.3. The number of aliphatic hydroxyl groups is 2. The summed E-state index contributed by atoms with van der Waals surface area (Å²) in [7, 11) is -3.18. The Kier molecular flexibility index (Phi) is 10.4. The van der Waals surface area contributed by atoms with Gasteiger partial charge >= 0.3 is 19.8 Å². The first kappa shape index (κ1) is 33.4. The zero-order valence-electron chi connectivity index (χ0n) is 24.9. The summed E-state index contributed by atoms with van der Waals surface area (Å²) in [4.78, 5) is 49.0. The van der Waals surface area contributed by atoms with Gasteiger partial charge in [0.25, 0.3) is 5.56 Å². The molecule has 4 aromatic rings. The molecule has 1 aliphatic heterocycles. The van der Waals surface area contributed by atoms with Crippen LogP contribution in [0.5, 0.6) is 5.75 Å². The number of esters is 1. The lowest BCUT2D eigenvalue weighted by atomic mass is 10.1. The number of fused-ring (bicyclic) bond motifs is 1. The zero-order valence-corrected chi connectivity index (χ0v) is 25.8. The van der Waals surface area contributed by atoms with Crippen LogP contribution < -0.4 is 16.1 Å². The van der Waals surface area contributed by atoms with E-state index >= 15 is 0 Å². The van der Waals surface area contributed by atoms with E-state index in [0.29, 0.717) is 10.9 Å². The normalized spacial score (nSPS) is 21.6. The van der Waals surface area contributed by atoms with Gasteiger partial charge in [0.2, 0.25) is 5.72 Å². The highest BCUT2D eigenvalue weighted by Gasteiger charge is 2.58. The summed E-state index contributed by atoms with van der Waals surface area (Å²) < 4.78 is 31.4. The van der Waals surface area contributed by atoms with Gasteiger partial charge in [0.15, 0.2) is 18.0 Å². The fourth-order valence-electron chi connectivity index (χ4n) is 5.05. The number of rotatable bonds is 13. The van der Waals surface area contributed by atoms with Crippen LogP contribution >= 0.6 is 8.18 Å². The van der Waals surface area contributed by atoms with E-state index in [4.69, 9.17) is 18.8 Å². The number of hydrogen-bond acceptors (Lipinski definition) is 11. The maximum absolute atomic E-state index is 14.0. The van der Waals surface area contributed by atoms with Crippen molar-refractivity contribution in [3.05, 3.63) is 122 Å². The molecule has 6 atom stereocenters. The van der Waals surface area contributed by atoms with Gasteiger partial charge in [0.1, 0.15) is 23.6 Å². The van der Waals surface area contributed by atoms with E-state index < -0.39 is 62.2 Å². The topological polar surface area (TPSA) is 218 Å². The summed E-state index contributed by atoms with van der Waals surface area (Å²) in [6, 6.07) is 20.9. The van der Waals surface area contributed by atoms with E-state index in [9.17, 15) is 34.7 Å². The molecular formula is C30H30N6O10P+. The van der Waals surface area contributed by atoms with Gasteiger partial charge in [-0.05, 0) is 34.0 Å². The number of aromatic amines is 1. The van der Waals surface area contributed by atoms with Crippen LogP contribution in [0.2, 0.25) is 0 Å². The molecule has 47 heavy (non-hydrogen) atoms. The van der Waals surface area contributed by atoms with Gasteiger partial charge in [0, 0.05) is 29.0 Å². The van der Waals surface area contributed by atoms with Crippen LogP contribution in [0.1, 0.15) is 18.7 Å². The number of ether oxygens (including phenoxy) is 2. The number of carbonyl (C=O) groups is 1. The number of nitrogens with one attached hydrogen (secondary N) is 1. The Morgan fingerprint density at radius 3 is 2.57 bits per heavy atom. The zero-order chi connectivity index (χ0) is 33.6. The maximum Gasteiger partial charge on any atom is 0.653 e. The van der Waals surface area contributed by atoms with Crippen LogP contribution in [0, 0.1) is 0 Å². The molecule has 0 aliphatic carbocycles. The highest BCUT2D eigenvalue weighted by atomic mass is 31.1. The van der Waals surface area contributed by atoms with Crippen LogP contribution in [-0.2, 0) is 29.8 Å². The molecule has 0 amide bonds. The molecule has 2 heterocycles. The highest BCUT2D eigenvalue weighted by molar-refractivity contribution is 7.36. The third kappa shape index (κ3) is 7.24. The second-order valence-corrected chi connectivity index (χ2v) is 11.5. The molecular weight excluding hydrogens is 635 g/mol. The molecule has 0 radical (unpaired) electrons. The quantitative estimate of drug-likeness (QED) is 0.0470. The summed E-state index contributed by atoms with van der Waals surface area (Å²) in [6.07, 6.45) is -4.51. The van der Waals surface area contributed by atoms with Crippen molar-refractivity contribution < 1.29 is 38.4 Å². The molecule has 3 N–H and O–H groups in total. The molecule has 1 aliphatic rings. The van der Waals surface area contributed by atoms with Gasteiger partial charge in [-0.15, -0.1) is 4.52 Å². The summed E-state index contributed by atoms with van der Waals surface area (Å²) >= 11 is 0. The average Bonchev–Trinajstić information content (AvgIpc) is 3.31. The van der Waals surface area contributed by atoms with Crippen LogP contribution in [-0.4, -0.2) is 67.8 Å². The molecule has 0 spiro atoms. The third-order valence-electron chi connectivity index (χ3n) is 7.32. The van der Waals surface area contributed by atoms with Crippen LogP contribution in [0.25, 0.3) is 21.2 Å². The van der Waals surface area contributed by atoms with E-state index in [1.807, 2.05) is 23.2 Å². The van der Waals surface area contributed by atoms with Crippen molar-refractivity contribution in [1.29, 1.82) is 0 Å². The smallest absolute Gasteiger partial charge is 0.465 e. The van der Waals surface area contributed by atoms with Gasteiger partial charge in [-0.25, -0.2) is 4.79 Å². The minimum atomic E-state index is -3.18. The van der Waals surface area contributed by atoms with Crippen molar-refractivity contribution in [2.45, 2.75) is 43.5 Å². The van der Waals surface area contributed by atoms with Gasteiger partial charge < -0.3 is 24.5 Å². The van der Waals surface area contributed by atoms with E-state index in [-0.39, 0.29) is 18.8 Å². The molecule has 5 rings (SSSR count). The van der Waals surface area contributed by atoms with Crippen molar-refractivity contribution >= 4 is 24.9 Å². The Bertz CT molecular complexity index is 1910. The number of nitrogens with zero attached hydrogens (tertiary/aromatic N) is 5. The molecule has 244 valence electrons.